The Morgan fingerprint density at radius 2 is 2.05 bits per heavy atom. The molecule has 2 aromatic rings. The van der Waals surface area contributed by atoms with Crippen LogP contribution in [0.25, 0.3) is 0 Å². The monoisotopic (exact) mass is 338 g/mol. The largest absolute Gasteiger partial charge is 0.375 e. The lowest BCUT2D eigenvalue weighted by atomic mass is 10.1. The number of rotatable bonds is 4. The number of hydrogen-bond donors (Lipinski definition) is 1. The van der Waals surface area contributed by atoms with E-state index in [4.69, 9.17) is 0 Å². The first-order chi connectivity index (χ1) is 9.47. The summed E-state index contributed by atoms with van der Waals surface area (Å²) >= 11 is 3.11. The zero-order valence-electron chi connectivity index (χ0n) is 10.7. The fraction of sp³-hybridized carbons (Fsp3) is 0.143. The van der Waals surface area contributed by atoms with Crippen molar-refractivity contribution in [3.63, 3.8) is 0 Å². The molecule has 0 heterocycles. The molecule has 2 aromatic carbocycles. The molecule has 0 unspecified atom stereocenters. The standard InChI is InChI=1S/C14H12BrFN2O2/c1-9-2-5-14(18(19)20)13(6-9)17-8-10-3-4-12(16)11(15)7-10/h2-7,17H,8H2,1H3. The van der Waals surface area contributed by atoms with E-state index in [1.54, 1.807) is 24.3 Å². The lowest BCUT2D eigenvalue weighted by Gasteiger charge is -2.08. The van der Waals surface area contributed by atoms with Gasteiger partial charge in [0, 0.05) is 12.6 Å². The maximum atomic E-state index is 13.1. The first-order valence-electron chi connectivity index (χ1n) is 5.90. The van der Waals surface area contributed by atoms with E-state index in [0.29, 0.717) is 16.7 Å². The Kier molecular flexibility index (Phi) is 4.34. The highest BCUT2D eigenvalue weighted by Gasteiger charge is 2.13. The highest BCUT2D eigenvalue weighted by Crippen LogP contribution is 2.26. The Bertz CT molecular complexity index is 662. The van der Waals surface area contributed by atoms with Crippen LogP contribution in [-0.4, -0.2) is 4.92 Å². The van der Waals surface area contributed by atoms with Gasteiger partial charge < -0.3 is 5.32 Å². The van der Waals surface area contributed by atoms with Crippen molar-refractivity contribution in [1.82, 2.24) is 0 Å². The van der Waals surface area contributed by atoms with Crippen LogP contribution in [0.5, 0.6) is 0 Å². The Labute approximate surface area is 123 Å². The van der Waals surface area contributed by atoms with E-state index in [1.165, 1.54) is 12.1 Å². The topological polar surface area (TPSA) is 55.2 Å². The molecule has 0 amide bonds. The van der Waals surface area contributed by atoms with E-state index >= 15 is 0 Å². The van der Waals surface area contributed by atoms with Crippen molar-refractivity contribution >= 4 is 27.3 Å². The van der Waals surface area contributed by atoms with Gasteiger partial charge in [0.05, 0.1) is 9.40 Å². The molecule has 1 N–H and O–H groups in total. The first-order valence-corrected chi connectivity index (χ1v) is 6.69. The summed E-state index contributed by atoms with van der Waals surface area (Å²) in [5.41, 5.74) is 2.24. The van der Waals surface area contributed by atoms with E-state index in [0.717, 1.165) is 11.1 Å². The maximum absolute atomic E-state index is 13.1. The van der Waals surface area contributed by atoms with Crippen molar-refractivity contribution in [3.05, 3.63) is 67.9 Å². The van der Waals surface area contributed by atoms with Crippen LogP contribution in [-0.2, 0) is 6.54 Å². The van der Waals surface area contributed by atoms with Gasteiger partial charge in [-0.05, 0) is 52.2 Å². The average Bonchev–Trinajstić information content (AvgIpc) is 2.40. The summed E-state index contributed by atoms with van der Waals surface area (Å²) in [6.07, 6.45) is 0. The Hall–Kier alpha value is -1.95. The van der Waals surface area contributed by atoms with E-state index < -0.39 is 4.92 Å². The highest BCUT2D eigenvalue weighted by atomic mass is 79.9. The molecular weight excluding hydrogens is 327 g/mol. The summed E-state index contributed by atoms with van der Waals surface area (Å²) in [7, 11) is 0. The predicted molar refractivity (Wildman–Crippen MR) is 79.3 cm³/mol. The molecule has 104 valence electrons. The fourth-order valence-corrected chi connectivity index (χ4v) is 2.22. The molecule has 0 atom stereocenters. The summed E-state index contributed by atoms with van der Waals surface area (Å²) in [6, 6.07) is 9.51. The van der Waals surface area contributed by atoms with Gasteiger partial charge in [0.15, 0.2) is 0 Å². The Balaban J connectivity index is 2.20. The van der Waals surface area contributed by atoms with Crippen LogP contribution in [0.1, 0.15) is 11.1 Å². The van der Waals surface area contributed by atoms with Gasteiger partial charge in [-0.15, -0.1) is 0 Å². The maximum Gasteiger partial charge on any atom is 0.292 e. The van der Waals surface area contributed by atoms with Gasteiger partial charge in [-0.25, -0.2) is 4.39 Å². The minimum Gasteiger partial charge on any atom is -0.375 e. The Morgan fingerprint density at radius 3 is 2.70 bits per heavy atom. The molecule has 4 nitrogen and oxygen atoms in total. The quantitative estimate of drug-likeness (QED) is 0.663. The van der Waals surface area contributed by atoms with Crippen LogP contribution in [0.2, 0.25) is 0 Å². The van der Waals surface area contributed by atoms with Crippen LogP contribution < -0.4 is 5.32 Å². The second kappa shape index (κ2) is 6.00. The molecule has 0 spiro atoms. The van der Waals surface area contributed by atoms with Crippen LogP contribution in [0, 0.1) is 22.9 Å². The zero-order valence-corrected chi connectivity index (χ0v) is 12.3. The van der Waals surface area contributed by atoms with Crippen molar-refractivity contribution in [1.29, 1.82) is 0 Å². The minimum absolute atomic E-state index is 0.0248. The van der Waals surface area contributed by atoms with Crippen LogP contribution in [0.4, 0.5) is 15.8 Å². The Morgan fingerprint density at radius 1 is 1.30 bits per heavy atom. The lowest BCUT2D eigenvalue weighted by molar-refractivity contribution is -0.384. The zero-order chi connectivity index (χ0) is 14.7. The number of aryl methyl sites for hydroxylation is 1. The van der Waals surface area contributed by atoms with Gasteiger partial charge in [0.25, 0.3) is 5.69 Å². The smallest absolute Gasteiger partial charge is 0.292 e. The summed E-state index contributed by atoms with van der Waals surface area (Å²) in [4.78, 5) is 10.5. The van der Waals surface area contributed by atoms with Crippen molar-refractivity contribution in [3.8, 4) is 0 Å². The van der Waals surface area contributed by atoms with Crippen molar-refractivity contribution in [2.24, 2.45) is 0 Å². The van der Waals surface area contributed by atoms with Gasteiger partial charge in [-0.2, -0.15) is 0 Å². The summed E-state index contributed by atoms with van der Waals surface area (Å²) in [5.74, 6) is -0.338. The molecule has 0 saturated heterocycles. The van der Waals surface area contributed by atoms with E-state index in [9.17, 15) is 14.5 Å². The molecule has 6 heteroatoms. The normalized spacial score (nSPS) is 10.3. The molecule has 2 rings (SSSR count). The highest BCUT2D eigenvalue weighted by molar-refractivity contribution is 9.10. The van der Waals surface area contributed by atoms with Gasteiger partial charge in [0.2, 0.25) is 0 Å². The van der Waals surface area contributed by atoms with Crippen LogP contribution in [0.15, 0.2) is 40.9 Å². The molecule has 0 bridgehead atoms. The van der Waals surface area contributed by atoms with Gasteiger partial charge in [-0.3, -0.25) is 10.1 Å². The molecule has 20 heavy (non-hydrogen) atoms. The van der Waals surface area contributed by atoms with Crippen LogP contribution >= 0.6 is 15.9 Å². The number of anilines is 1. The number of nitrogens with zero attached hydrogens (tertiary/aromatic N) is 1. The third kappa shape index (κ3) is 3.33. The number of hydrogen-bond acceptors (Lipinski definition) is 3. The van der Waals surface area contributed by atoms with Gasteiger partial charge in [-0.1, -0.05) is 12.1 Å². The lowest BCUT2D eigenvalue weighted by Crippen LogP contribution is -2.03. The van der Waals surface area contributed by atoms with Crippen molar-refractivity contribution < 1.29 is 9.31 Å². The fourth-order valence-electron chi connectivity index (χ4n) is 1.80. The van der Waals surface area contributed by atoms with E-state index in [-0.39, 0.29) is 11.5 Å². The number of halogens is 2. The molecule has 0 radical (unpaired) electrons. The molecule has 0 fully saturated rings. The molecule has 0 saturated carbocycles. The van der Waals surface area contributed by atoms with Crippen molar-refractivity contribution in [2.45, 2.75) is 13.5 Å². The third-order valence-electron chi connectivity index (χ3n) is 2.82. The number of nitro benzene ring substituents is 1. The molecule has 0 aliphatic rings. The summed E-state index contributed by atoms with van der Waals surface area (Å²) in [5, 5.41) is 14.0. The average molecular weight is 339 g/mol. The first kappa shape index (κ1) is 14.5. The van der Waals surface area contributed by atoms with Crippen LogP contribution in [0.3, 0.4) is 0 Å². The molecular formula is C14H12BrFN2O2. The molecule has 0 aliphatic carbocycles. The van der Waals surface area contributed by atoms with E-state index in [2.05, 4.69) is 21.2 Å². The second-order valence-electron chi connectivity index (χ2n) is 4.38. The summed E-state index contributed by atoms with van der Waals surface area (Å²) in [6.45, 7) is 2.24. The molecule has 0 aliphatic heterocycles. The summed E-state index contributed by atoms with van der Waals surface area (Å²) < 4.78 is 13.5. The number of benzene rings is 2. The van der Waals surface area contributed by atoms with E-state index in [1.807, 2.05) is 6.92 Å². The number of nitrogens with one attached hydrogen (secondary N) is 1. The number of nitro groups is 1. The van der Waals surface area contributed by atoms with Crippen molar-refractivity contribution in [2.75, 3.05) is 5.32 Å². The van der Waals surface area contributed by atoms with Gasteiger partial charge in [0.1, 0.15) is 11.5 Å². The molecule has 0 aromatic heterocycles. The third-order valence-corrected chi connectivity index (χ3v) is 3.42. The second-order valence-corrected chi connectivity index (χ2v) is 5.23. The van der Waals surface area contributed by atoms with Gasteiger partial charge >= 0.3 is 0 Å². The predicted octanol–water partition coefficient (Wildman–Crippen LogP) is 4.42. The SMILES string of the molecule is Cc1ccc([N+](=O)[O-])c(NCc2ccc(F)c(Br)c2)c1. The minimum atomic E-state index is -0.428.